The van der Waals surface area contributed by atoms with Crippen molar-refractivity contribution in [1.82, 2.24) is 5.32 Å². The standard InChI is InChI=1S/C13H20N2O2/c1-14-13(16)7-4-8-15-12-6-3-5-11(9-12)10-17-2/h3,5-6,9,15H,4,7-8,10H2,1-2H3,(H,14,16). The third-order valence-corrected chi connectivity index (χ3v) is 2.43. The fraction of sp³-hybridized carbons (Fsp3) is 0.462. The Morgan fingerprint density at radius 3 is 2.94 bits per heavy atom. The third kappa shape index (κ3) is 5.36. The largest absolute Gasteiger partial charge is 0.385 e. The predicted octanol–water partition coefficient (Wildman–Crippen LogP) is 1.77. The number of methoxy groups -OCH3 is 1. The van der Waals surface area contributed by atoms with Crippen molar-refractivity contribution >= 4 is 11.6 Å². The Morgan fingerprint density at radius 1 is 1.41 bits per heavy atom. The number of hydrogen-bond donors (Lipinski definition) is 2. The zero-order valence-corrected chi connectivity index (χ0v) is 10.5. The van der Waals surface area contributed by atoms with Crippen molar-refractivity contribution < 1.29 is 9.53 Å². The van der Waals surface area contributed by atoms with Crippen LogP contribution in [-0.4, -0.2) is 26.6 Å². The van der Waals surface area contributed by atoms with Crippen LogP contribution in [-0.2, 0) is 16.1 Å². The fourth-order valence-electron chi connectivity index (χ4n) is 1.54. The van der Waals surface area contributed by atoms with Crippen molar-refractivity contribution in [3.8, 4) is 0 Å². The number of amides is 1. The highest BCUT2D eigenvalue weighted by Crippen LogP contribution is 2.11. The molecule has 94 valence electrons. The summed E-state index contributed by atoms with van der Waals surface area (Å²) in [4.78, 5) is 11.0. The highest BCUT2D eigenvalue weighted by molar-refractivity contribution is 5.75. The second kappa shape index (κ2) is 7.68. The van der Waals surface area contributed by atoms with Gasteiger partial charge < -0.3 is 15.4 Å². The first kappa shape index (κ1) is 13.5. The maximum Gasteiger partial charge on any atom is 0.219 e. The van der Waals surface area contributed by atoms with Crippen LogP contribution in [0.4, 0.5) is 5.69 Å². The van der Waals surface area contributed by atoms with E-state index in [0.717, 1.165) is 24.2 Å². The van der Waals surface area contributed by atoms with Crippen LogP contribution in [0.2, 0.25) is 0 Å². The minimum atomic E-state index is 0.0833. The van der Waals surface area contributed by atoms with Crippen LogP contribution in [0.15, 0.2) is 24.3 Å². The van der Waals surface area contributed by atoms with Crippen LogP contribution < -0.4 is 10.6 Å². The smallest absolute Gasteiger partial charge is 0.219 e. The summed E-state index contributed by atoms with van der Waals surface area (Å²) >= 11 is 0. The van der Waals surface area contributed by atoms with Crippen molar-refractivity contribution in [2.75, 3.05) is 26.0 Å². The van der Waals surface area contributed by atoms with Crippen LogP contribution in [0, 0.1) is 0 Å². The molecule has 0 fully saturated rings. The first-order chi connectivity index (χ1) is 8.26. The lowest BCUT2D eigenvalue weighted by Crippen LogP contribution is -2.18. The van der Waals surface area contributed by atoms with E-state index >= 15 is 0 Å². The van der Waals surface area contributed by atoms with Gasteiger partial charge in [0.2, 0.25) is 5.91 Å². The van der Waals surface area contributed by atoms with E-state index in [2.05, 4.69) is 16.7 Å². The summed E-state index contributed by atoms with van der Waals surface area (Å²) in [5.41, 5.74) is 2.21. The molecule has 0 heterocycles. The van der Waals surface area contributed by atoms with Crippen LogP contribution >= 0.6 is 0 Å². The first-order valence-electron chi connectivity index (χ1n) is 5.78. The Kier molecular flexibility index (Phi) is 6.10. The number of rotatable bonds is 7. The topological polar surface area (TPSA) is 50.4 Å². The summed E-state index contributed by atoms with van der Waals surface area (Å²) in [5, 5.41) is 5.89. The van der Waals surface area contributed by atoms with Crippen molar-refractivity contribution in [3.05, 3.63) is 29.8 Å². The minimum absolute atomic E-state index is 0.0833. The van der Waals surface area contributed by atoms with Crippen LogP contribution in [0.1, 0.15) is 18.4 Å². The zero-order valence-electron chi connectivity index (χ0n) is 10.5. The number of anilines is 1. The molecule has 0 aliphatic rings. The Balaban J connectivity index is 2.31. The molecule has 0 saturated carbocycles. The Labute approximate surface area is 102 Å². The van der Waals surface area contributed by atoms with E-state index in [1.807, 2.05) is 18.2 Å². The predicted molar refractivity (Wildman–Crippen MR) is 68.9 cm³/mol. The highest BCUT2D eigenvalue weighted by atomic mass is 16.5. The van der Waals surface area contributed by atoms with E-state index in [1.54, 1.807) is 14.2 Å². The highest BCUT2D eigenvalue weighted by Gasteiger charge is 1.98. The molecule has 4 heteroatoms. The summed E-state index contributed by atoms with van der Waals surface area (Å²) in [7, 11) is 3.34. The van der Waals surface area contributed by atoms with Gasteiger partial charge in [0.15, 0.2) is 0 Å². The number of hydrogen-bond acceptors (Lipinski definition) is 3. The fourth-order valence-corrected chi connectivity index (χ4v) is 1.54. The molecule has 0 aliphatic carbocycles. The molecular formula is C13H20N2O2. The lowest BCUT2D eigenvalue weighted by molar-refractivity contribution is -0.120. The molecule has 1 rings (SSSR count). The molecule has 1 aromatic carbocycles. The molecule has 0 saturated heterocycles. The van der Waals surface area contributed by atoms with Gasteiger partial charge in [-0.1, -0.05) is 12.1 Å². The van der Waals surface area contributed by atoms with Crippen LogP contribution in [0.3, 0.4) is 0 Å². The number of ether oxygens (including phenoxy) is 1. The molecule has 0 bridgehead atoms. The number of carbonyl (C=O) groups is 1. The maximum absolute atomic E-state index is 11.0. The molecule has 0 atom stereocenters. The molecule has 1 aromatic rings. The van der Waals surface area contributed by atoms with Gasteiger partial charge in [-0.05, 0) is 24.1 Å². The number of carbonyl (C=O) groups excluding carboxylic acids is 1. The molecule has 17 heavy (non-hydrogen) atoms. The number of nitrogens with one attached hydrogen (secondary N) is 2. The van der Waals surface area contributed by atoms with Crippen LogP contribution in [0.5, 0.6) is 0 Å². The Morgan fingerprint density at radius 2 is 2.24 bits per heavy atom. The monoisotopic (exact) mass is 236 g/mol. The average molecular weight is 236 g/mol. The third-order valence-electron chi connectivity index (χ3n) is 2.43. The van der Waals surface area contributed by atoms with Gasteiger partial charge in [-0.3, -0.25) is 4.79 Å². The van der Waals surface area contributed by atoms with Gasteiger partial charge in [-0.15, -0.1) is 0 Å². The lowest BCUT2D eigenvalue weighted by atomic mass is 10.2. The molecule has 0 aromatic heterocycles. The summed E-state index contributed by atoms with van der Waals surface area (Å²) in [6, 6.07) is 8.09. The lowest BCUT2D eigenvalue weighted by Gasteiger charge is -2.07. The zero-order chi connectivity index (χ0) is 12.5. The molecule has 0 radical (unpaired) electrons. The van der Waals surface area contributed by atoms with Gasteiger partial charge >= 0.3 is 0 Å². The maximum atomic E-state index is 11.0. The average Bonchev–Trinajstić information content (AvgIpc) is 2.35. The van der Waals surface area contributed by atoms with Gasteiger partial charge in [-0.2, -0.15) is 0 Å². The van der Waals surface area contributed by atoms with E-state index in [0.29, 0.717) is 13.0 Å². The molecular weight excluding hydrogens is 216 g/mol. The van der Waals surface area contributed by atoms with Crippen molar-refractivity contribution in [2.24, 2.45) is 0 Å². The SMILES string of the molecule is CNC(=O)CCCNc1cccc(COC)c1. The second-order valence-electron chi connectivity index (χ2n) is 3.84. The van der Waals surface area contributed by atoms with E-state index in [-0.39, 0.29) is 5.91 Å². The summed E-state index contributed by atoms with van der Waals surface area (Å²) in [6.07, 6.45) is 1.38. The molecule has 0 unspecified atom stereocenters. The summed E-state index contributed by atoms with van der Waals surface area (Å²) in [5.74, 6) is 0.0833. The molecule has 0 spiro atoms. The molecule has 0 aliphatic heterocycles. The molecule has 2 N–H and O–H groups in total. The molecule has 4 nitrogen and oxygen atoms in total. The normalized spacial score (nSPS) is 10.0. The van der Waals surface area contributed by atoms with Crippen molar-refractivity contribution in [3.63, 3.8) is 0 Å². The van der Waals surface area contributed by atoms with Gasteiger partial charge in [0, 0.05) is 32.8 Å². The minimum Gasteiger partial charge on any atom is -0.385 e. The Bertz CT molecular complexity index is 353. The van der Waals surface area contributed by atoms with Gasteiger partial charge in [0.05, 0.1) is 6.61 Å². The molecule has 1 amide bonds. The summed E-state index contributed by atoms with van der Waals surface area (Å²) < 4.78 is 5.07. The van der Waals surface area contributed by atoms with Gasteiger partial charge in [0.25, 0.3) is 0 Å². The Hall–Kier alpha value is -1.55. The van der Waals surface area contributed by atoms with Gasteiger partial charge in [0.1, 0.15) is 0 Å². The quantitative estimate of drug-likeness (QED) is 0.709. The van der Waals surface area contributed by atoms with Gasteiger partial charge in [-0.25, -0.2) is 0 Å². The van der Waals surface area contributed by atoms with E-state index < -0.39 is 0 Å². The summed E-state index contributed by atoms with van der Waals surface area (Å²) in [6.45, 7) is 1.41. The second-order valence-corrected chi connectivity index (χ2v) is 3.84. The van der Waals surface area contributed by atoms with E-state index in [1.165, 1.54) is 0 Å². The van der Waals surface area contributed by atoms with Crippen LogP contribution in [0.25, 0.3) is 0 Å². The first-order valence-corrected chi connectivity index (χ1v) is 5.78. The van der Waals surface area contributed by atoms with E-state index in [9.17, 15) is 4.79 Å². The van der Waals surface area contributed by atoms with Crippen molar-refractivity contribution in [2.45, 2.75) is 19.4 Å². The number of benzene rings is 1. The van der Waals surface area contributed by atoms with Crippen molar-refractivity contribution in [1.29, 1.82) is 0 Å². The van der Waals surface area contributed by atoms with E-state index in [4.69, 9.17) is 4.74 Å².